The number of fused-ring (bicyclic) bond motifs is 1. The van der Waals surface area contributed by atoms with E-state index in [-0.39, 0.29) is 0 Å². The summed E-state index contributed by atoms with van der Waals surface area (Å²) in [5.41, 5.74) is 0.887. The van der Waals surface area contributed by atoms with E-state index in [4.69, 9.17) is 0 Å². The molecule has 1 heterocycles. The number of hydrogen-bond donors (Lipinski definition) is 3. The predicted molar refractivity (Wildman–Crippen MR) is 74.6 cm³/mol. The molecule has 0 bridgehead atoms. The molecule has 1 atom stereocenters. The van der Waals surface area contributed by atoms with Crippen molar-refractivity contribution < 1.29 is 5.11 Å². The SMILES string of the molecule is CNSc1ccc2c(NCC(C)O)ncnc2c1. The smallest absolute Gasteiger partial charge is 0.137 e. The first-order chi connectivity index (χ1) is 8.70. The van der Waals surface area contributed by atoms with Crippen LogP contribution < -0.4 is 10.0 Å². The quantitative estimate of drug-likeness (QED) is 0.713. The van der Waals surface area contributed by atoms with Crippen LogP contribution in [-0.2, 0) is 0 Å². The number of benzene rings is 1. The molecule has 0 aliphatic heterocycles. The number of nitrogens with one attached hydrogen (secondary N) is 2. The Labute approximate surface area is 110 Å². The Morgan fingerprint density at radius 3 is 2.94 bits per heavy atom. The lowest BCUT2D eigenvalue weighted by Crippen LogP contribution is -2.16. The van der Waals surface area contributed by atoms with Crippen molar-refractivity contribution in [1.82, 2.24) is 14.7 Å². The summed E-state index contributed by atoms with van der Waals surface area (Å²) in [7, 11) is 1.88. The molecule has 2 rings (SSSR count). The van der Waals surface area contributed by atoms with Gasteiger partial charge in [-0.1, -0.05) is 0 Å². The van der Waals surface area contributed by atoms with Crippen LogP contribution in [0.1, 0.15) is 6.92 Å². The van der Waals surface area contributed by atoms with E-state index in [1.807, 2.05) is 25.2 Å². The zero-order valence-electron chi connectivity index (χ0n) is 10.3. The molecule has 0 fully saturated rings. The van der Waals surface area contributed by atoms with E-state index in [0.29, 0.717) is 6.54 Å². The summed E-state index contributed by atoms with van der Waals surface area (Å²) in [6.45, 7) is 2.21. The highest BCUT2D eigenvalue weighted by molar-refractivity contribution is 7.97. The molecule has 96 valence electrons. The third kappa shape index (κ3) is 3.10. The minimum atomic E-state index is -0.408. The molecule has 0 saturated carbocycles. The van der Waals surface area contributed by atoms with Gasteiger partial charge >= 0.3 is 0 Å². The highest BCUT2D eigenvalue weighted by Crippen LogP contribution is 2.24. The highest BCUT2D eigenvalue weighted by Gasteiger charge is 2.05. The van der Waals surface area contributed by atoms with E-state index in [0.717, 1.165) is 21.6 Å². The Balaban J connectivity index is 2.31. The molecule has 0 saturated heterocycles. The van der Waals surface area contributed by atoms with Crippen LogP contribution in [0.3, 0.4) is 0 Å². The number of hydrogen-bond acceptors (Lipinski definition) is 6. The summed E-state index contributed by atoms with van der Waals surface area (Å²) in [5, 5.41) is 13.4. The van der Waals surface area contributed by atoms with Gasteiger partial charge in [0.05, 0.1) is 11.6 Å². The summed E-state index contributed by atoms with van der Waals surface area (Å²) in [5.74, 6) is 0.752. The van der Waals surface area contributed by atoms with Crippen LogP contribution >= 0.6 is 11.9 Å². The van der Waals surface area contributed by atoms with Gasteiger partial charge in [0.1, 0.15) is 12.1 Å². The Morgan fingerprint density at radius 2 is 2.22 bits per heavy atom. The molecule has 0 aliphatic rings. The van der Waals surface area contributed by atoms with Crippen molar-refractivity contribution in [3.05, 3.63) is 24.5 Å². The molecule has 18 heavy (non-hydrogen) atoms. The van der Waals surface area contributed by atoms with Gasteiger partial charge in [-0.15, -0.1) is 0 Å². The van der Waals surface area contributed by atoms with Gasteiger partial charge < -0.3 is 10.4 Å². The van der Waals surface area contributed by atoms with Crippen molar-refractivity contribution in [2.75, 3.05) is 18.9 Å². The molecular weight excluding hydrogens is 248 g/mol. The number of anilines is 1. The van der Waals surface area contributed by atoms with Crippen LogP contribution in [0.15, 0.2) is 29.4 Å². The molecular formula is C12H16N4OS. The minimum Gasteiger partial charge on any atom is -0.392 e. The van der Waals surface area contributed by atoms with Gasteiger partial charge in [-0.05, 0) is 44.1 Å². The lowest BCUT2D eigenvalue weighted by atomic mass is 10.2. The summed E-state index contributed by atoms with van der Waals surface area (Å²) >= 11 is 1.54. The third-order valence-corrected chi connectivity index (χ3v) is 3.09. The second-order valence-corrected chi connectivity index (χ2v) is 5.02. The molecule has 1 unspecified atom stereocenters. The molecule has 0 aliphatic carbocycles. The van der Waals surface area contributed by atoms with Crippen LogP contribution in [0, 0.1) is 0 Å². The highest BCUT2D eigenvalue weighted by atomic mass is 32.2. The summed E-state index contributed by atoms with van der Waals surface area (Å²) in [4.78, 5) is 9.56. The molecule has 0 spiro atoms. The third-order valence-electron chi connectivity index (χ3n) is 2.39. The van der Waals surface area contributed by atoms with E-state index in [2.05, 4.69) is 20.0 Å². The topological polar surface area (TPSA) is 70.1 Å². The fraction of sp³-hybridized carbons (Fsp3) is 0.333. The average Bonchev–Trinajstić information content (AvgIpc) is 2.36. The van der Waals surface area contributed by atoms with Crippen molar-refractivity contribution in [3.63, 3.8) is 0 Å². The van der Waals surface area contributed by atoms with Crippen LogP contribution in [0.4, 0.5) is 5.82 Å². The summed E-state index contributed by atoms with van der Waals surface area (Å²) < 4.78 is 3.03. The molecule has 3 N–H and O–H groups in total. The molecule has 0 amide bonds. The molecule has 5 nitrogen and oxygen atoms in total. The van der Waals surface area contributed by atoms with Crippen molar-refractivity contribution >= 4 is 28.7 Å². The van der Waals surface area contributed by atoms with Gasteiger partial charge in [-0.25, -0.2) is 9.97 Å². The molecule has 6 heteroatoms. The van der Waals surface area contributed by atoms with Gasteiger partial charge in [0.15, 0.2) is 0 Å². The van der Waals surface area contributed by atoms with Crippen molar-refractivity contribution in [3.8, 4) is 0 Å². The van der Waals surface area contributed by atoms with E-state index >= 15 is 0 Å². The number of nitrogens with zero attached hydrogens (tertiary/aromatic N) is 2. The zero-order chi connectivity index (χ0) is 13.0. The van der Waals surface area contributed by atoms with E-state index in [1.165, 1.54) is 6.33 Å². The van der Waals surface area contributed by atoms with Gasteiger partial charge in [-0.3, -0.25) is 4.72 Å². The molecule has 0 radical (unpaired) electrons. The van der Waals surface area contributed by atoms with Crippen molar-refractivity contribution in [2.45, 2.75) is 17.9 Å². The molecule has 1 aromatic heterocycles. The Bertz CT molecular complexity index is 532. The Hall–Kier alpha value is -1.37. The number of aliphatic hydroxyl groups is 1. The van der Waals surface area contributed by atoms with Crippen LogP contribution in [0.25, 0.3) is 10.9 Å². The molecule has 2 aromatic rings. The largest absolute Gasteiger partial charge is 0.392 e. The zero-order valence-corrected chi connectivity index (χ0v) is 11.2. The first kappa shape index (κ1) is 13.1. The number of aromatic nitrogens is 2. The predicted octanol–water partition coefficient (Wildman–Crippen LogP) is 1.65. The van der Waals surface area contributed by atoms with Gasteiger partial charge in [0.2, 0.25) is 0 Å². The standard InChI is InChI=1S/C12H16N4OS/c1-8(17)6-14-12-10-4-3-9(18-13-2)5-11(10)15-7-16-12/h3-5,7-8,13,17H,6H2,1-2H3,(H,14,15,16). The summed E-state index contributed by atoms with van der Waals surface area (Å²) in [6, 6.07) is 6.01. The van der Waals surface area contributed by atoms with E-state index in [9.17, 15) is 5.11 Å². The van der Waals surface area contributed by atoms with Gasteiger partial charge in [-0.2, -0.15) is 0 Å². The second-order valence-electron chi connectivity index (χ2n) is 3.94. The van der Waals surface area contributed by atoms with Crippen molar-refractivity contribution in [1.29, 1.82) is 0 Å². The first-order valence-corrected chi connectivity index (χ1v) is 6.52. The van der Waals surface area contributed by atoms with Crippen LogP contribution in [-0.4, -0.2) is 34.8 Å². The van der Waals surface area contributed by atoms with E-state index in [1.54, 1.807) is 18.9 Å². The normalized spacial score (nSPS) is 12.6. The number of aliphatic hydroxyl groups excluding tert-OH is 1. The average molecular weight is 264 g/mol. The second kappa shape index (κ2) is 5.99. The number of rotatable bonds is 5. The lowest BCUT2D eigenvalue weighted by molar-refractivity contribution is 0.208. The van der Waals surface area contributed by atoms with Gasteiger partial charge in [0.25, 0.3) is 0 Å². The van der Waals surface area contributed by atoms with Gasteiger partial charge in [0, 0.05) is 16.8 Å². The Kier molecular flexibility index (Phi) is 4.35. The van der Waals surface area contributed by atoms with Crippen molar-refractivity contribution in [2.24, 2.45) is 0 Å². The Morgan fingerprint density at radius 1 is 1.39 bits per heavy atom. The fourth-order valence-corrected chi connectivity index (χ4v) is 2.15. The maximum Gasteiger partial charge on any atom is 0.137 e. The lowest BCUT2D eigenvalue weighted by Gasteiger charge is -2.10. The van der Waals surface area contributed by atoms with Crippen LogP contribution in [0.5, 0.6) is 0 Å². The van der Waals surface area contributed by atoms with E-state index < -0.39 is 6.10 Å². The minimum absolute atomic E-state index is 0.408. The maximum atomic E-state index is 9.28. The van der Waals surface area contributed by atoms with Crippen LogP contribution in [0.2, 0.25) is 0 Å². The fourth-order valence-electron chi connectivity index (χ4n) is 1.60. The first-order valence-electron chi connectivity index (χ1n) is 5.71. The monoisotopic (exact) mass is 264 g/mol. The maximum absolute atomic E-state index is 9.28. The molecule has 1 aromatic carbocycles. The summed E-state index contributed by atoms with van der Waals surface area (Å²) in [6.07, 6.45) is 1.12.